The first-order valence-corrected chi connectivity index (χ1v) is 9.04. The molecule has 2 N–H and O–H groups in total. The van der Waals surface area contributed by atoms with Gasteiger partial charge in [0.15, 0.2) is 5.96 Å². The van der Waals surface area contributed by atoms with Gasteiger partial charge in [0.2, 0.25) is 0 Å². The van der Waals surface area contributed by atoms with Crippen LogP contribution >= 0.6 is 0 Å². The predicted molar refractivity (Wildman–Crippen MR) is 99.5 cm³/mol. The molecule has 0 aromatic carbocycles. The molecule has 6 heteroatoms. The fraction of sp³-hybridized carbons (Fsp3) is 0.474. The van der Waals surface area contributed by atoms with Crippen molar-refractivity contribution in [1.29, 1.82) is 0 Å². The molecule has 0 saturated heterocycles. The molecule has 0 atom stereocenters. The van der Waals surface area contributed by atoms with E-state index in [0.29, 0.717) is 19.1 Å². The first kappa shape index (κ1) is 17.3. The van der Waals surface area contributed by atoms with Gasteiger partial charge >= 0.3 is 0 Å². The Morgan fingerprint density at radius 1 is 1.36 bits per heavy atom. The summed E-state index contributed by atoms with van der Waals surface area (Å²) in [6.07, 6.45) is 11.5. The van der Waals surface area contributed by atoms with Gasteiger partial charge in [0.1, 0.15) is 5.76 Å². The van der Waals surface area contributed by atoms with Gasteiger partial charge in [-0.3, -0.25) is 4.68 Å². The average Bonchev–Trinajstić information content (AvgIpc) is 3.38. The molecular weight excluding hydrogens is 314 g/mol. The molecule has 0 unspecified atom stereocenters. The summed E-state index contributed by atoms with van der Waals surface area (Å²) < 4.78 is 7.46. The third kappa shape index (κ3) is 5.24. The van der Waals surface area contributed by atoms with Crippen LogP contribution in [0.5, 0.6) is 0 Å². The summed E-state index contributed by atoms with van der Waals surface area (Å²) in [6.45, 7) is 5.73. The van der Waals surface area contributed by atoms with Gasteiger partial charge in [0.05, 0.1) is 24.5 Å². The lowest BCUT2D eigenvalue weighted by atomic mass is 10.3. The van der Waals surface area contributed by atoms with Gasteiger partial charge in [-0.05, 0) is 31.0 Å². The van der Waals surface area contributed by atoms with E-state index >= 15 is 0 Å². The van der Waals surface area contributed by atoms with Crippen LogP contribution in [-0.4, -0.2) is 28.8 Å². The molecule has 25 heavy (non-hydrogen) atoms. The Bertz CT molecular complexity index is 668. The van der Waals surface area contributed by atoms with Crippen LogP contribution < -0.4 is 10.6 Å². The minimum atomic E-state index is 0.562. The molecule has 2 aromatic rings. The maximum absolute atomic E-state index is 5.35. The Morgan fingerprint density at radius 3 is 3.00 bits per heavy atom. The standard InChI is InChI=1S/C19H27N5O/c1-2-11-20-19(21-12-9-18-8-5-14-25-18)22-15-16-10-13-24(23-16)17-6-3-4-7-17/h2,5,8,10,13-14,17H,1,3-4,6-7,9,11-12,15H2,(H2,20,21,22). The molecule has 2 aromatic heterocycles. The fourth-order valence-corrected chi connectivity index (χ4v) is 3.10. The molecule has 1 aliphatic rings. The fourth-order valence-electron chi connectivity index (χ4n) is 3.10. The Hall–Kier alpha value is -2.50. The second-order valence-corrected chi connectivity index (χ2v) is 6.32. The van der Waals surface area contributed by atoms with Crippen LogP contribution in [0.4, 0.5) is 0 Å². The summed E-state index contributed by atoms with van der Waals surface area (Å²) in [6, 6.07) is 6.52. The van der Waals surface area contributed by atoms with Gasteiger partial charge in [0.25, 0.3) is 0 Å². The Morgan fingerprint density at radius 2 is 2.24 bits per heavy atom. The SMILES string of the molecule is C=CCNC(=NCc1ccn(C2CCCC2)n1)NCCc1ccco1. The zero-order chi connectivity index (χ0) is 17.3. The van der Waals surface area contributed by atoms with E-state index in [9.17, 15) is 0 Å². The molecule has 1 fully saturated rings. The van der Waals surface area contributed by atoms with E-state index in [-0.39, 0.29) is 0 Å². The first-order valence-electron chi connectivity index (χ1n) is 9.04. The highest BCUT2D eigenvalue weighted by atomic mass is 16.3. The highest BCUT2D eigenvalue weighted by Gasteiger charge is 2.17. The summed E-state index contributed by atoms with van der Waals surface area (Å²) in [7, 11) is 0. The van der Waals surface area contributed by atoms with Crippen molar-refractivity contribution in [2.75, 3.05) is 13.1 Å². The summed E-state index contributed by atoms with van der Waals surface area (Å²) >= 11 is 0. The quantitative estimate of drug-likeness (QED) is 0.440. The highest BCUT2D eigenvalue weighted by Crippen LogP contribution is 2.28. The van der Waals surface area contributed by atoms with Crippen LogP contribution in [0.2, 0.25) is 0 Å². The van der Waals surface area contributed by atoms with E-state index in [2.05, 4.69) is 44.2 Å². The third-order valence-electron chi connectivity index (χ3n) is 4.42. The molecule has 0 aliphatic heterocycles. The lowest BCUT2D eigenvalue weighted by Crippen LogP contribution is -2.38. The van der Waals surface area contributed by atoms with E-state index < -0.39 is 0 Å². The van der Waals surface area contributed by atoms with Gasteiger partial charge in [-0.15, -0.1) is 6.58 Å². The molecule has 134 valence electrons. The van der Waals surface area contributed by atoms with Gasteiger partial charge < -0.3 is 15.1 Å². The number of aromatic nitrogens is 2. The number of furan rings is 1. The van der Waals surface area contributed by atoms with Crippen LogP contribution in [-0.2, 0) is 13.0 Å². The number of hydrogen-bond donors (Lipinski definition) is 2. The number of rotatable bonds is 8. The van der Waals surface area contributed by atoms with Crippen molar-refractivity contribution < 1.29 is 4.42 Å². The molecular formula is C19H27N5O. The maximum atomic E-state index is 5.35. The number of guanidine groups is 1. The van der Waals surface area contributed by atoms with E-state index in [4.69, 9.17) is 4.42 Å². The summed E-state index contributed by atoms with van der Waals surface area (Å²) in [5, 5.41) is 11.2. The van der Waals surface area contributed by atoms with Crippen molar-refractivity contribution in [2.24, 2.45) is 4.99 Å². The topological polar surface area (TPSA) is 67.4 Å². The Balaban J connectivity index is 1.53. The van der Waals surface area contributed by atoms with Crippen molar-refractivity contribution in [1.82, 2.24) is 20.4 Å². The molecule has 0 amide bonds. The van der Waals surface area contributed by atoms with Crippen LogP contribution in [0.15, 0.2) is 52.7 Å². The molecule has 0 spiro atoms. The van der Waals surface area contributed by atoms with Crippen molar-refractivity contribution in [3.63, 3.8) is 0 Å². The van der Waals surface area contributed by atoms with Crippen LogP contribution in [0.3, 0.4) is 0 Å². The average molecular weight is 341 g/mol. The van der Waals surface area contributed by atoms with E-state index in [1.165, 1.54) is 25.7 Å². The third-order valence-corrected chi connectivity index (χ3v) is 4.42. The highest BCUT2D eigenvalue weighted by molar-refractivity contribution is 5.79. The van der Waals surface area contributed by atoms with Gasteiger partial charge in [-0.25, -0.2) is 4.99 Å². The van der Waals surface area contributed by atoms with Crippen molar-refractivity contribution in [2.45, 2.75) is 44.7 Å². The van der Waals surface area contributed by atoms with Crippen LogP contribution in [0.1, 0.15) is 43.2 Å². The van der Waals surface area contributed by atoms with E-state index in [1.807, 2.05) is 18.2 Å². The molecule has 3 rings (SSSR count). The molecule has 1 saturated carbocycles. The summed E-state index contributed by atoms with van der Waals surface area (Å²) in [5.74, 6) is 1.73. The minimum Gasteiger partial charge on any atom is -0.469 e. The largest absolute Gasteiger partial charge is 0.469 e. The van der Waals surface area contributed by atoms with Gasteiger partial charge in [0, 0.05) is 25.7 Å². The molecule has 2 heterocycles. The minimum absolute atomic E-state index is 0.562. The van der Waals surface area contributed by atoms with Crippen LogP contribution in [0.25, 0.3) is 0 Å². The molecule has 1 aliphatic carbocycles. The summed E-state index contributed by atoms with van der Waals surface area (Å²) in [5.41, 5.74) is 0.998. The second-order valence-electron chi connectivity index (χ2n) is 6.32. The maximum Gasteiger partial charge on any atom is 0.191 e. The van der Waals surface area contributed by atoms with E-state index in [0.717, 1.165) is 30.4 Å². The molecule has 0 bridgehead atoms. The van der Waals surface area contributed by atoms with Crippen molar-refractivity contribution >= 4 is 5.96 Å². The number of hydrogen-bond acceptors (Lipinski definition) is 3. The van der Waals surface area contributed by atoms with Crippen molar-refractivity contribution in [3.8, 4) is 0 Å². The van der Waals surface area contributed by atoms with Gasteiger partial charge in [-0.2, -0.15) is 5.10 Å². The monoisotopic (exact) mass is 341 g/mol. The molecule has 0 radical (unpaired) electrons. The normalized spacial score (nSPS) is 15.4. The Labute approximate surface area is 149 Å². The first-order chi connectivity index (χ1) is 12.3. The van der Waals surface area contributed by atoms with Crippen LogP contribution in [0, 0.1) is 0 Å². The zero-order valence-electron chi connectivity index (χ0n) is 14.7. The number of nitrogens with zero attached hydrogens (tertiary/aromatic N) is 3. The smallest absolute Gasteiger partial charge is 0.191 e. The van der Waals surface area contributed by atoms with E-state index in [1.54, 1.807) is 6.26 Å². The lowest BCUT2D eigenvalue weighted by Gasteiger charge is -2.11. The number of nitrogens with one attached hydrogen (secondary N) is 2. The van der Waals surface area contributed by atoms with Gasteiger partial charge in [-0.1, -0.05) is 18.9 Å². The Kier molecular flexibility index (Phi) is 6.31. The number of aliphatic imine (C=N–C) groups is 1. The molecule has 6 nitrogen and oxygen atoms in total. The summed E-state index contributed by atoms with van der Waals surface area (Å²) in [4.78, 5) is 4.63. The predicted octanol–water partition coefficient (Wildman–Crippen LogP) is 3.06. The second kappa shape index (κ2) is 9.11. The zero-order valence-corrected chi connectivity index (χ0v) is 14.7. The van der Waals surface area contributed by atoms with Crippen molar-refractivity contribution in [3.05, 3.63) is 54.8 Å². The lowest BCUT2D eigenvalue weighted by molar-refractivity contribution is 0.463.